The number of pyridine rings is 1. The molecule has 8 nitrogen and oxygen atoms in total. The highest BCUT2D eigenvalue weighted by Crippen LogP contribution is 2.15. The molecule has 0 unspecified atom stereocenters. The van der Waals surface area contributed by atoms with Crippen LogP contribution in [0.2, 0.25) is 0 Å². The van der Waals surface area contributed by atoms with Gasteiger partial charge in [0.05, 0.1) is 18.8 Å². The van der Waals surface area contributed by atoms with Gasteiger partial charge in [-0.15, -0.1) is 0 Å². The smallest absolute Gasteiger partial charge is 0.257 e. The monoisotopic (exact) mass is 383 g/mol. The molecule has 3 rings (SSSR count). The van der Waals surface area contributed by atoms with E-state index in [2.05, 4.69) is 25.8 Å². The number of amides is 2. The molecule has 1 aliphatic rings. The molecule has 0 radical (unpaired) electrons. The zero-order valence-electron chi connectivity index (χ0n) is 15.9. The summed E-state index contributed by atoms with van der Waals surface area (Å²) in [6.07, 6.45) is 1.55. The van der Waals surface area contributed by atoms with Crippen LogP contribution in [0.3, 0.4) is 0 Å². The summed E-state index contributed by atoms with van der Waals surface area (Å²) in [5, 5.41) is 8.77. The molecule has 2 heterocycles. The fourth-order valence-corrected chi connectivity index (χ4v) is 2.84. The number of carbonyl (C=O) groups is 2. The van der Waals surface area contributed by atoms with Crippen molar-refractivity contribution in [2.45, 2.75) is 6.92 Å². The molecule has 148 valence electrons. The summed E-state index contributed by atoms with van der Waals surface area (Å²) in [6.45, 7) is 6.67. The minimum atomic E-state index is -0.236. The number of morpholine rings is 1. The number of hydrogen-bond acceptors (Lipinski definition) is 6. The molecular weight excluding hydrogens is 358 g/mol. The number of nitrogens with zero attached hydrogens (tertiary/aromatic N) is 2. The Labute approximate surface area is 164 Å². The van der Waals surface area contributed by atoms with Crippen molar-refractivity contribution in [3.63, 3.8) is 0 Å². The van der Waals surface area contributed by atoms with Gasteiger partial charge in [-0.05, 0) is 36.4 Å². The van der Waals surface area contributed by atoms with Gasteiger partial charge in [0, 0.05) is 50.7 Å². The molecule has 0 bridgehead atoms. The summed E-state index contributed by atoms with van der Waals surface area (Å²) >= 11 is 0. The molecular formula is C20H25N5O3. The molecule has 28 heavy (non-hydrogen) atoms. The Bertz CT molecular complexity index is 786. The Balaban J connectivity index is 1.47. The van der Waals surface area contributed by atoms with Crippen LogP contribution in [0.5, 0.6) is 0 Å². The van der Waals surface area contributed by atoms with E-state index in [9.17, 15) is 9.59 Å². The first-order chi connectivity index (χ1) is 13.6. The minimum absolute atomic E-state index is 0.137. The second-order valence-corrected chi connectivity index (χ2v) is 6.53. The summed E-state index contributed by atoms with van der Waals surface area (Å²) < 4.78 is 5.33. The summed E-state index contributed by atoms with van der Waals surface area (Å²) in [6, 6.07) is 10.5. The predicted octanol–water partition coefficient (Wildman–Crippen LogP) is 2.04. The molecule has 3 N–H and O–H groups in total. The number of aromatic nitrogens is 1. The maximum atomic E-state index is 12.3. The first-order valence-electron chi connectivity index (χ1n) is 9.29. The third-order valence-electron chi connectivity index (χ3n) is 4.33. The lowest BCUT2D eigenvalue weighted by molar-refractivity contribution is -0.114. The highest BCUT2D eigenvalue weighted by atomic mass is 16.5. The summed E-state index contributed by atoms with van der Waals surface area (Å²) in [5.41, 5.74) is 1.80. The van der Waals surface area contributed by atoms with E-state index in [0.29, 0.717) is 16.9 Å². The largest absolute Gasteiger partial charge is 0.379 e. The molecule has 0 saturated carbocycles. The standard InChI is InChI=1S/C20H25N5O3/c1-15(26)23-17-3-5-18(6-4-17)24-20(27)16-2-7-19(22-14-16)21-8-9-25-10-12-28-13-11-25/h2-7,14H,8-13H2,1H3,(H,21,22)(H,23,26)(H,24,27). The molecule has 0 spiro atoms. The molecule has 1 aliphatic heterocycles. The quantitative estimate of drug-likeness (QED) is 0.677. The van der Waals surface area contributed by atoms with Gasteiger partial charge < -0.3 is 20.7 Å². The van der Waals surface area contributed by atoms with Crippen LogP contribution in [-0.4, -0.2) is 61.1 Å². The van der Waals surface area contributed by atoms with Crippen LogP contribution in [0, 0.1) is 0 Å². The van der Waals surface area contributed by atoms with Crippen LogP contribution in [0.4, 0.5) is 17.2 Å². The van der Waals surface area contributed by atoms with Crippen LogP contribution in [0.25, 0.3) is 0 Å². The van der Waals surface area contributed by atoms with Crippen molar-refractivity contribution in [2.75, 3.05) is 55.3 Å². The maximum absolute atomic E-state index is 12.3. The van der Waals surface area contributed by atoms with Crippen molar-refractivity contribution in [1.82, 2.24) is 9.88 Å². The van der Waals surface area contributed by atoms with Crippen LogP contribution < -0.4 is 16.0 Å². The van der Waals surface area contributed by atoms with Gasteiger partial charge >= 0.3 is 0 Å². The van der Waals surface area contributed by atoms with Gasteiger partial charge in [-0.25, -0.2) is 4.98 Å². The van der Waals surface area contributed by atoms with E-state index in [4.69, 9.17) is 4.74 Å². The van der Waals surface area contributed by atoms with Gasteiger partial charge in [0.2, 0.25) is 5.91 Å². The van der Waals surface area contributed by atoms with Gasteiger partial charge in [-0.2, -0.15) is 0 Å². The van der Waals surface area contributed by atoms with Crippen LogP contribution in [0.1, 0.15) is 17.3 Å². The first kappa shape index (κ1) is 19.8. The van der Waals surface area contributed by atoms with E-state index < -0.39 is 0 Å². The molecule has 2 aromatic rings. The SMILES string of the molecule is CC(=O)Nc1ccc(NC(=O)c2ccc(NCCN3CCOCC3)nc2)cc1. The number of nitrogens with one attached hydrogen (secondary N) is 3. The number of carbonyl (C=O) groups excluding carboxylic acids is 2. The molecule has 1 aromatic carbocycles. The van der Waals surface area contributed by atoms with Crippen molar-refractivity contribution in [3.8, 4) is 0 Å². The Morgan fingerprint density at radius 3 is 2.32 bits per heavy atom. The highest BCUT2D eigenvalue weighted by molar-refractivity contribution is 6.04. The van der Waals surface area contributed by atoms with Crippen molar-refractivity contribution < 1.29 is 14.3 Å². The van der Waals surface area contributed by atoms with E-state index >= 15 is 0 Å². The Kier molecular flexibility index (Phi) is 6.94. The van der Waals surface area contributed by atoms with Crippen molar-refractivity contribution in [1.29, 1.82) is 0 Å². The lowest BCUT2D eigenvalue weighted by Gasteiger charge is -2.26. The molecule has 1 aromatic heterocycles. The first-order valence-corrected chi connectivity index (χ1v) is 9.29. The summed E-state index contributed by atoms with van der Waals surface area (Å²) in [5.74, 6) is 0.366. The van der Waals surface area contributed by atoms with Gasteiger partial charge in [0.15, 0.2) is 0 Å². The Morgan fingerprint density at radius 2 is 1.71 bits per heavy atom. The van der Waals surface area contributed by atoms with E-state index in [-0.39, 0.29) is 11.8 Å². The molecule has 0 atom stereocenters. The Hall–Kier alpha value is -2.97. The fraction of sp³-hybridized carbons (Fsp3) is 0.350. The van der Waals surface area contributed by atoms with E-state index in [0.717, 1.165) is 45.2 Å². The molecule has 1 saturated heterocycles. The average molecular weight is 383 g/mol. The second kappa shape index (κ2) is 9.82. The van der Waals surface area contributed by atoms with Gasteiger partial charge in [0.25, 0.3) is 5.91 Å². The topological polar surface area (TPSA) is 95.6 Å². The van der Waals surface area contributed by atoms with Crippen molar-refractivity contribution in [3.05, 3.63) is 48.2 Å². The lowest BCUT2D eigenvalue weighted by atomic mass is 10.2. The van der Waals surface area contributed by atoms with Gasteiger partial charge in [0.1, 0.15) is 5.82 Å². The highest BCUT2D eigenvalue weighted by Gasteiger charge is 2.10. The molecule has 1 fully saturated rings. The third kappa shape index (κ3) is 6.04. The normalized spacial score (nSPS) is 14.3. The second-order valence-electron chi connectivity index (χ2n) is 6.53. The summed E-state index contributed by atoms with van der Waals surface area (Å²) in [4.78, 5) is 30.0. The van der Waals surface area contributed by atoms with E-state index in [1.807, 2.05) is 0 Å². The van der Waals surface area contributed by atoms with E-state index in [1.165, 1.54) is 6.92 Å². The fourth-order valence-electron chi connectivity index (χ4n) is 2.84. The van der Waals surface area contributed by atoms with Crippen molar-refractivity contribution >= 4 is 29.0 Å². The van der Waals surface area contributed by atoms with Crippen molar-refractivity contribution in [2.24, 2.45) is 0 Å². The van der Waals surface area contributed by atoms with Crippen LogP contribution in [0.15, 0.2) is 42.6 Å². The number of anilines is 3. The van der Waals surface area contributed by atoms with Gasteiger partial charge in [-0.3, -0.25) is 14.5 Å². The van der Waals surface area contributed by atoms with Gasteiger partial charge in [-0.1, -0.05) is 0 Å². The Morgan fingerprint density at radius 1 is 1.04 bits per heavy atom. The molecule has 8 heteroatoms. The van der Waals surface area contributed by atoms with Crippen LogP contribution in [-0.2, 0) is 9.53 Å². The zero-order chi connectivity index (χ0) is 19.8. The zero-order valence-corrected chi connectivity index (χ0v) is 15.9. The van der Waals surface area contributed by atoms with Crippen LogP contribution >= 0.6 is 0 Å². The molecule has 0 aliphatic carbocycles. The third-order valence-corrected chi connectivity index (χ3v) is 4.33. The van der Waals surface area contributed by atoms with E-state index in [1.54, 1.807) is 42.6 Å². The lowest BCUT2D eigenvalue weighted by Crippen LogP contribution is -2.39. The summed E-state index contributed by atoms with van der Waals surface area (Å²) in [7, 11) is 0. The number of rotatable bonds is 7. The number of hydrogen-bond donors (Lipinski definition) is 3. The average Bonchev–Trinajstić information content (AvgIpc) is 2.70. The number of benzene rings is 1. The maximum Gasteiger partial charge on any atom is 0.257 e. The molecule has 2 amide bonds. The predicted molar refractivity (Wildman–Crippen MR) is 109 cm³/mol. The minimum Gasteiger partial charge on any atom is -0.379 e. The number of ether oxygens (including phenoxy) is 1.